The van der Waals surface area contributed by atoms with Gasteiger partial charge in [0.1, 0.15) is 12.4 Å². The van der Waals surface area contributed by atoms with E-state index in [0.29, 0.717) is 0 Å². The van der Waals surface area contributed by atoms with Crippen molar-refractivity contribution in [1.82, 2.24) is 0 Å². The van der Waals surface area contributed by atoms with Crippen LogP contribution in [0.1, 0.15) is 33.3 Å². The predicted molar refractivity (Wildman–Crippen MR) is 117 cm³/mol. The number of hydrogen-bond donors (Lipinski definition) is 1. The summed E-state index contributed by atoms with van der Waals surface area (Å²) in [5.41, 5.74) is 1.50. The van der Waals surface area contributed by atoms with Crippen molar-refractivity contribution in [3.05, 3.63) is 66.2 Å². The largest absolute Gasteiger partial charge is 0.488 e. The highest BCUT2D eigenvalue weighted by Crippen LogP contribution is 2.39. The Bertz CT molecular complexity index is 1060. The molecule has 3 aromatic carbocycles. The zero-order valence-electron chi connectivity index (χ0n) is 17.5. The lowest BCUT2D eigenvalue weighted by Gasteiger charge is -2.23. The number of carbonyl (C=O) groups excluding carboxylic acids is 1. The molecule has 0 fully saturated rings. The molecule has 0 saturated carbocycles. The van der Waals surface area contributed by atoms with E-state index in [0.717, 1.165) is 27.3 Å². The molecule has 3 rings (SSSR count). The first-order valence-electron chi connectivity index (χ1n) is 9.77. The molecule has 4 heteroatoms. The number of esters is 1. The molecular formula is C25H28O4. The number of hydrogen-bond acceptors (Lipinski definition) is 4. The average molecular weight is 392 g/mol. The van der Waals surface area contributed by atoms with Gasteiger partial charge >= 0.3 is 5.97 Å². The zero-order valence-corrected chi connectivity index (χ0v) is 17.5. The van der Waals surface area contributed by atoms with Crippen molar-refractivity contribution in [2.45, 2.75) is 39.2 Å². The van der Waals surface area contributed by atoms with E-state index in [1.54, 1.807) is 6.92 Å². The molecule has 4 nitrogen and oxygen atoms in total. The summed E-state index contributed by atoms with van der Waals surface area (Å²) in [6.45, 7) is 11.5. The lowest BCUT2D eigenvalue weighted by molar-refractivity contribution is -0.147. The third-order valence-electron chi connectivity index (χ3n) is 4.90. The van der Waals surface area contributed by atoms with Crippen LogP contribution >= 0.6 is 0 Å². The van der Waals surface area contributed by atoms with Gasteiger partial charge in [-0.1, -0.05) is 69.8 Å². The Morgan fingerprint density at radius 1 is 1.07 bits per heavy atom. The fraction of sp³-hybridized carbons (Fsp3) is 0.320. The molecule has 0 radical (unpaired) electrons. The van der Waals surface area contributed by atoms with Crippen molar-refractivity contribution >= 4 is 27.5 Å². The summed E-state index contributed by atoms with van der Waals surface area (Å²) < 4.78 is 11.4. The smallest absolute Gasteiger partial charge is 0.333 e. The number of aliphatic hydroxyl groups excluding tert-OH is 1. The van der Waals surface area contributed by atoms with Gasteiger partial charge in [0, 0.05) is 16.3 Å². The van der Waals surface area contributed by atoms with Crippen LogP contribution in [0.2, 0.25) is 0 Å². The van der Waals surface area contributed by atoms with Crippen LogP contribution in [0.4, 0.5) is 0 Å². The van der Waals surface area contributed by atoms with Crippen LogP contribution in [-0.2, 0) is 14.9 Å². The summed E-state index contributed by atoms with van der Waals surface area (Å²) in [5, 5.41) is 13.8. The first-order valence-corrected chi connectivity index (χ1v) is 9.77. The van der Waals surface area contributed by atoms with E-state index in [4.69, 9.17) is 9.47 Å². The van der Waals surface area contributed by atoms with Gasteiger partial charge < -0.3 is 14.6 Å². The number of ether oxygens (including phenoxy) is 2. The summed E-state index contributed by atoms with van der Waals surface area (Å²) in [4.78, 5) is 11.8. The molecule has 0 saturated heterocycles. The number of carbonyl (C=O) groups is 1. The van der Waals surface area contributed by atoms with Crippen LogP contribution in [0.25, 0.3) is 21.5 Å². The molecular weight excluding hydrogens is 364 g/mol. The van der Waals surface area contributed by atoms with Crippen molar-refractivity contribution in [2.75, 3.05) is 13.2 Å². The van der Waals surface area contributed by atoms with E-state index < -0.39 is 12.1 Å². The molecule has 29 heavy (non-hydrogen) atoms. The Kier molecular flexibility index (Phi) is 5.94. The maximum Gasteiger partial charge on any atom is 0.333 e. The fourth-order valence-corrected chi connectivity index (χ4v) is 3.41. The van der Waals surface area contributed by atoms with Gasteiger partial charge in [0.15, 0.2) is 6.10 Å². The Labute approximate surface area is 171 Å². The van der Waals surface area contributed by atoms with Crippen LogP contribution in [0.5, 0.6) is 5.75 Å². The number of benzene rings is 3. The van der Waals surface area contributed by atoms with Crippen molar-refractivity contribution in [3.63, 3.8) is 0 Å². The van der Waals surface area contributed by atoms with Gasteiger partial charge in [-0.2, -0.15) is 0 Å². The van der Waals surface area contributed by atoms with Gasteiger partial charge in [-0.3, -0.25) is 0 Å². The van der Waals surface area contributed by atoms with Gasteiger partial charge in [0.2, 0.25) is 0 Å². The van der Waals surface area contributed by atoms with Crippen LogP contribution in [-0.4, -0.2) is 30.4 Å². The topological polar surface area (TPSA) is 55.8 Å². The summed E-state index contributed by atoms with van der Waals surface area (Å²) in [5.74, 6) is 0.194. The summed E-state index contributed by atoms with van der Waals surface area (Å²) in [6, 6.07) is 16.5. The Balaban J connectivity index is 2.07. The third-order valence-corrected chi connectivity index (χ3v) is 4.90. The SMILES string of the molecule is C=C(C)C(=O)OC(CO)COc1c2ccccc2cc2c(C(C)(C)C)cccc12. The van der Waals surface area contributed by atoms with Crippen molar-refractivity contribution in [3.8, 4) is 5.75 Å². The highest BCUT2D eigenvalue weighted by Gasteiger charge is 2.21. The molecule has 1 N–H and O–H groups in total. The molecule has 3 aromatic rings. The van der Waals surface area contributed by atoms with E-state index in [-0.39, 0.29) is 24.2 Å². The zero-order chi connectivity index (χ0) is 21.2. The lowest BCUT2D eigenvalue weighted by Crippen LogP contribution is -2.28. The fourth-order valence-electron chi connectivity index (χ4n) is 3.41. The Morgan fingerprint density at radius 3 is 2.41 bits per heavy atom. The monoisotopic (exact) mass is 392 g/mol. The second-order valence-corrected chi connectivity index (χ2v) is 8.38. The minimum absolute atomic E-state index is 0.0239. The van der Waals surface area contributed by atoms with Crippen LogP contribution < -0.4 is 4.74 Å². The van der Waals surface area contributed by atoms with Gasteiger partial charge in [-0.05, 0) is 34.7 Å². The van der Waals surface area contributed by atoms with Crippen LogP contribution in [0, 0.1) is 0 Å². The van der Waals surface area contributed by atoms with Gasteiger partial charge in [-0.15, -0.1) is 0 Å². The second kappa shape index (κ2) is 8.26. The number of aliphatic hydroxyl groups is 1. The molecule has 1 unspecified atom stereocenters. The van der Waals surface area contributed by atoms with Crippen LogP contribution in [0.3, 0.4) is 0 Å². The van der Waals surface area contributed by atoms with Crippen molar-refractivity contribution < 1.29 is 19.4 Å². The summed E-state index contributed by atoms with van der Waals surface area (Å²) in [6.07, 6.45) is -0.765. The standard InChI is InChI=1S/C25H28O4/c1-16(2)24(27)29-18(14-26)15-28-23-19-10-7-6-9-17(19)13-21-20(23)11-8-12-22(21)25(3,4)5/h6-13,18,26H,1,14-15H2,2-5H3. The van der Waals surface area contributed by atoms with E-state index in [2.05, 4.69) is 45.5 Å². The first-order chi connectivity index (χ1) is 13.7. The number of rotatable bonds is 6. The molecule has 0 bridgehead atoms. The van der Waals surface area contributed by atoms with E-state index in [1.807, 2.05) is 30.3 Å². The molecule has 152 valence electrons. The quantitative estimate of drug-likeness (QED) is 0.358. The Hall–Kier alpha value is -2.85. The summed E-state index contributed by atoms with van der Waals surface area (Å²) >= 11 is 0. The lowest BCUT2D eigenvalue weighted by atomic mass is 9.83. The van der Waals surface area contributed by atoms with Crippen molar-refractivity contribution in [1.29, 1.82) is 0 Å². The van der Waals surface area contributed by atoms with Crippen LogP contribution in [0.15, 0.2) is 60.7 Å². The maximum absolute atomic E-state index is 11.8. The molecule has 0 spiro atoms. The van der Waals surface area contributed by atoms with Gasteiger partial charge in [0.05, 0.1) is 6.61 Å². The third kappa shape index (κ3) is 4.43. The minimum atomic E-state index is -0.765. The minimum Gasteiger partial charge on any atom is -0.488 e. The maximum atomic E-state index is 11.8. The van der Waals surface area contributed by atoms with Gasteiger partial charge in [0.25, 0.3) is 0 Å². The molecule has 0 heterocycles. The van der Waals surface area contributed by atoms with Gasteiger partial charge in [-0.25, -0.2) is 4.79 Å². The number of fused-ring (bicyclic) bond motifs is 2. The molecule has 0 aromatic heterocycles. The van der Waals surface area contributed by atoms with E-state index in [9.17, 15) is 9.90 Å². The molecule has 0 aliphatic heterocycles. The highest BCUT2D eigenvalue weighted by molar-refractivity contribution is 6.06. The normalized spacial score (nSPS) is 12.7. The molecule has 1 atom stereocenters. The second-order valence-electron chi connectivity index (χ2n) is 8.38. The molecule has 0 aliphatic carbocycles. The predicted octanol–water partition coefficient (Wildman–Crippen LogP) is 5.15. The average Bonchev–Trinajstić information content (AvgIpc) is 2.68. The molecule has 0 amide bonds. The van der Waals surface area contributed by atoms with E-state index >= 15 is 0 Å². The summed E-state index contributed by atoms with van der Waals surface area (Å²) in [7, 11) is 0. The van der Waals surface area contributed by atoms with E-state index in [1.165, 1.54) is 5.56 Å². The van der Waals surface area contributed by atoms with Crippen molar-refractivity contribution in [2.24, 2.45) is 0 Å². The Morgan fingerprint density at radius 2 is 1.76 bits per heavy atom. The molecule has 0 aliphatic rings. The highest BCUT2D eigenvalue weighted by atomic mass is 16.6. The first kappa shape index (κ1) is 20.9.